The van der Waals surface area contributed by atoms with Crippen molar-refractivity contribution in [3.8, 4) is 5.75 Å². The highest BCUT2D eigenvalue weighted by Gasteiger charge is 2.32. The number of aromatic amines is 1. The molecular formula is C27H34N6O3. The summed E-state index contributed by atoms with van der Waals surface area (Å²) in [6, 6.07) is 11.7. The van der Waals surface area contributed by atoms with Crippen LogP contribution in [0.1, 0.15) is 75.2 Å². The first-order valence-electron chi connectivity index (χ1n) is 12.8. The number of nitrogens with one attached hydrogen (secondary N) is 1. The molecule has 5 rings (SSSR count). The smallest absolute Gasteiger partial charge is 0.252 e. The van der Waals surface area contributed by atoms with Gasteiger partial charge < -0.3 is 14.1 Å². The van der Waals surface area contributed by atoms with Crippen LogP contribution in [0.3, 0.4) is 0 Å². The van der Waals surface area contributed by atoms with Gasteiger partial charge in [0.25, 0.3) is 5.56 Å². The molecule has 0 aliphatic heterocycles. The molecule has 36 heavy (non-hydrogen) atoms. The molecule has 0 bridgehead atoms. The lowest BCUT2D eigenvalue weighted by Crippen LogP contribution is -2.36. The fourth-order valence-electron chi connectivity index (χ4n) is 5.41. The molecule has 1 saturated carbocycles. The number of H-pyrrole nitrogens is 1. The Labute approximate surface area is 210 Å². The molecule has 1 atom stereocenters. The number of furan rings is 1. The van der Waals surface area contributed by atoms with Gasteiger partial charge >= 0.3 is 0 Å². The maximum atomic E-state index is 13.1. The third-order valence-corrected chi connectivity index (χ3v) is 7.17. The number of aromatic nitrogens is 5. The largest absolute Gasteiger partial charge is 0.497 e. The van der Waals surface area contributed by atoms with Crippen LogP contribution in [0.25, 0.3) is 10.9 Å². The topological polar surface area (TPSA) is 102 Å². The van der Waals surface area contributed by atoms with Gasteiger partial charge in [-0.25, -0.2) is 4.68 Å². The van der Waals surface area contributed by atoms with Crippen molar-refractivity contribution >= 4 is 10.9 Å². The second-order valence-corrected chi connectivity index (χ2v) is 10.0. The number of pyridine rings is 1. The zero-order chi connectivity index (χ0) is 25.1. The zero-order valence-electron chi connectivity index (χ0n) is 21.2. The van der Waals surface area contributed by atoms with Gasteiger partial charge in [0.15, 0.2) is 5.82 Å². The number of fused-ring (bicyclic) bond motifs is 1. The summed E-state index contributed by atoms with van der Waals surface area (Å²) in [5, 5.41) is 14.0. The zero-order valence-corrected chi connectivity index (χ0v) is 21.2. The Morgan fingerprint density at radius 2 is 2.00 bits per heavy atom. The van der Waals surface area contributed by atoms with Gasteiger partial charge in [0.05, 0.1) is 32.0 Å². The minimum Gasteiger partial charge on any atom is -0.497 e. The Balaban J connectivity index is 1.54. The third-order valence-electron chi connectivity index (χ3n) is 7.17. The van der Waals surface area contributed by atoms with Crippen LogP contribution in [0.15, 0.2) is 51.9 Å². The van der Waals surface area contributed by atoms with E-state index in [0.717, 1.165) is 41.1 Å². The molecule has 0 saturated heterocycles. The molecule has 1 N–H and O–H groups in total. The molecule has 1 unspecified atom stereocenters. The van der Waals surface area contributed by atoms with E-state index >= 15 is 0 Å². The molecule has 9 nitrogen and oxygen atoms in total. The molecule has 3 heterocycles. The summed E-state index contributed by atoms with van der Waals surface area (Å²) < 4.78 is 13.2. The number of tetrazole rings is 1. The third kappa shape index (κ3) is 5.06. The standard InChI is InChI=1S/C27H34N6O3/c1-18(2)25(26-29-30-31-33(26)21-8-5-4-6-9-21)32(17-23-10-7-13-36-23)16-20-14-19-15-22(35-3)11-12-24(19)28-27(20)34/h7,10-15,18,21,25H,4-6,8-9,16-17H2,1-3H3,(H,28,34). The van der Waals surface area contributed by atoms with Crippen LogP contribution in [0.5, 0.6) is 5.75 Å². The minimum atomic E-state index is -0.105. The molecule has 3 aromatic heterocycles. The predicted molar refractivity (Wildman–Crippen MR) is 137 cm³/mol. The maximum absolute atomic E-state index is 13.1. The summed E-state index contributed by atoms with van der Waals surface area (Å²) in [7, 11) is 1.64. The highest BCUT2D eigenvalue weighted by atomic mass is 16.5. The van der Waals surface area contributed by atoms with Gasteiger partial charge in [-0.3, -0.25) is 9.69 Å². The van der Waals surface area contributed by atoms with Gasteiger partial charge in [0, 0.05) is 23.0 Å². The maximum Gasteiger partial charge on any atom is 0.252 e. The van der Waals surface area contributed by atoms with Crippen molar-refractivity contribution in [3.05, 3.63) is 70.2 Å². The van der Waals surface area contributed by atoms with Crippen molar-refractivity contribution in [2.45, 2.75) is 71.1 Å². The number of ether oxygens (including phenoxy) is 1. The summed E-state index contributed by atoms with van der Waals surface area (Å²) in [6.07, 6.45) is 7.52. The lowest BCUT2D eigenvalue weighted by Gasteiger charge is -2.34. The number of hydrogen-bond donors (Lipinski definition) is 1. The van der Waals surface area contributed by atoms with Crippen molar-refractivity contribution in [2.75, 3.05) is 7.11 Å². The summed E-state index contributed by atoms with van der Waals surface area (Å²) in [5.74, 6) is 2.63. The summed E-state index contributed by atoms with van der Waals surface area (Å²) >= 11 is 0. The van der Waals surface area contributed by atoms with Crippen molar-refractivity contribution < 1.29 is 9.15 Å². The Morgan fingerprint density at radius 1 is 1.17 bits per heavy atom. The molecular weight excluding hydrogens is 456 g/mol. The fourth-order valence-corrected chi connectivity index (χ4v) is 5.41. The van der Waals surface area contributed by atoms with Gasteiger partial charge in [0.2, 0.25) is 0 Å². The second-order valence-electron chi connectivity index (χ2n) is 10.0. The van der Waals surface area contributed by atoms with E-state index in [9.17, 15) is 4.79 Å². The molecule has 0 spiro atoms. The molecule has 1 aliphatic carbocycles. The van der Waals surface area contributed by atoms with Crippen LogP contribution in [0.2, 0.25) is 0 Å². The molecule has 190 valence electrons. The van der Waals surface area contributed by atoms with Crippen molar-refractivity contribution in [2.24, 2.45) is 5.92 Å². The van der Waals surface area contributed by atoms with Crippen LogP contribution in [-0.4, -0.2) is 37.2 Å². The first-order valence-corrected chi connectivity index (χ1v) is 12.8. The molecule has 9 heteroatoms. The van der Waals surface area contributed by atoms with E-state index in [0.29, 0.717) is 24.7 Å². The summed E-state index contributed by atoms with van der Waals surface area (Å²) in [4.78, 5) is 18.4. The number of rotatable bonds is 9. The quantitative estimate of drug-likeness (QED) is 0.351. The SMILES string of the molecule is COc1ccc2[nH]c(=O)c(CN(Cc3ccco3)C(c3nnnn3C3CCCCC3)C(C)C)cc2c1. The van der Waals surface area contributed by atoms with Gasteiger partial charge in [-0.2, -0.15) is 0 Å². The molecule has 1 fully saturated rings. The van der Waals surface area contributed by atoms with E-state index in [1.807, 2.05) is 41.1 Å². The number of methoxy groups -OCH3 is 1. The second kappa shape index (κ2) is 10.7. The normalized spacial score (nSPS) is 15.7. The lowest BCUT2D eigenvalue weighted by molar-refractivity contribution is 0.112. The molecule has 0 amide bonds. The summed E-state index contributed by atoms with van der Waals surface area (Å²) in [5.41, 5.74) is 1.35. The van der Waals surface area contributed by atoms with Crippen LogP contribution in [0.4, 0.5) is 0 Å². The molecule has 1 aromatic carbocycles. The Hall–Kier alpha value is -3.46. The van der Waals surface area contributed by atoms with E-state index in [4.69, 9.17) is 9.15 Å². The first kappa shape index (κ1) is 24.2. The van der Waals surface area contributed by atoms with E-state index in [2.05, 4.69) is 39.3 Å². The number of benzene rings is 1. The van der Waals surface area contributed by atoms with E-state index in [1.54, 1.807) is 13.4 Å². The van der Waals surface area contributed by atoms with Crippen molar-refractivity contribution in [1.82, 2.24) is 30.1 Å². The van der Waals surface area contributed by atoms with E-state index in [1.165, 1.54) is 19.3 Å². The number of hydrogen-bond acceptors (Lipinski definition) is 7. The average Bonchev–Trinajstić information content (AvgIpc) is 3.57. The Bertz CT molecular complexity index is 1340. The van der Waals surface area contributed by atoms with Crippen LogP contribution in [-0.2, 0) is 13.1 Å². The number of nitrogens with zero attached hydrogens (tertiary/aromatic N) is 5. The first-order chi connectivity index (χ1) is 17.5. The predicted octanol–water partition coefficient (Wildman–Crippen LogP) is 5.02. The average molecular weight is 491 g/mol. The molecule has 1 aliphatic rings. The molecule has 4 aromatic rings. The van der Waals surface area contributed by atoms with E-state index in [-0.39, 0.29) is 17.5 Å². The highest BCUT2D eigenvalue weighted by Crippen LogP contribution is 2.34. The van der Waals surface area contributed by atoms with Gasteiger partial charge in [-0.1, -0.05) is 33.1 Å². The van der Waals surface area contributed by atoms with Gasteiger partial charge in [0.1, 0.15) is 11.5 Å². The fraction of sp³-hybridized carbons (Fsp3) is 0.481. The summed E-state index contributed by atoms with van der Waals surface area (Å²) in [6.45, 7) is 5.30. The van der Waals surface area contributed by atoms with Crippen molar-refractivity contribution in [1.29, 1.82) is 0 Å². The lowest BCUT2D eigenvalue weighted by atomic mass is 9.94. The van der Waals surface area contributed by atoms with Gasteiger partial charge in [-0.05, 0) is 65.6 Å². The Kier molecular flexibility index (Phi) is 7.18. The van der Waals surface area contributed by atoms with Crippen LogP contribution >= 0.6 is 0 Å². The van der Waals surface area contributed by atoms with Crippen LogP contribution < -0.4 is 10.3 Å². The Morgan fingerprint density at radius 3 is 2.72 bits per heavy atom. The molecule has 0 radical (unpaired) electrons. The van der Waals surface area contributed by atoms with Gasteiger partial charge in [-0.15, -0.1) is 5.10 Å². The monoisotopic (exact) mass is 490 g/mol. The van der Waals surface area contributed by atoms with E-state index < -0.39 is 0 Å². The highest BCUT2D eigenvalue weighted by molar-refractivity contribution is 5.80. The van der Waals surface area contributed by atoms with Crippen molar-refractivity contribution in [3.63, 3.8) is 0 Å². The van der Waals surface area contributed by atoms with Crippen LogP contribution in [0, 0.1) is 5.92 Å². The minimum absolute atomic E-state index is 0.104.